The molecule has 1 unspecified atom stereocenters. The van der Waals surface area contributed by atoms with Crippen LogP contribution in [0.1, 0.15) is 60.6 Å². The molecule has 3 aromatic rings. The number of fused-ring (bicyclic) bond motifs is 1. The molecule has 0 spiro atoms. The summed E-state index contributed by atoms with van der Waals surface area (Å²) < 4.78 is 3.69. The molecule has 0 saturated carbocycles. The Labute approximate surface area is 235 Å². The van der Waals surface area contributed by atoms with Gasteiger partial charge in [0.25, 0.3) is 5.91 Å². The molecule has 0 radical (unpaired) electrons. The third-order valence-corrected chi connectivity index (χ3v) is 6.80. The van der Waals surface area contributed by atoms with Crippen molar-refractivity contribution in [2.45, 2.75) is 59.5 Å². The van der Waals surface area contributed by atoms with Crippen LogP contribution in [-0.4, -0.2) is 56.2 Å². The zero-order valence-electron chi connectivity index (χ0n) is 24.2. The first-order valence-electron chi connectivity index (χ1n) is 13.3. The third kappa shape index (κ3) is 7.37. The van der Waals surface area contributed by atoms with E-state index in [1.807, 2.05) is 73.6 Å². The lowest BCUT2D eigenvalue weighted by Gasteiger charge is -2.19. The number of aromatic nitrogens is 3. The molecule has 0 fully saturated rings. The van der Waals surface area contributed by atoms with Gasteiger partial charge in [-0.3, -0.25) is 19.1 Å². The van der Waals surface area contributed by atoms with E-state index in [-0.39, 0.29) is 18.2 Å². The topological polar surface area (TPSA) is 109 Å². The summed E-state index contributed by atoms with van der Waals surface area (Å²) in [5.74, 6) is -1.24. The zero-order chi connectivity index (χ0) is 29.6. The van der Waals surface area contributed by atoms with Crippen molar-refractivity contribution in [3.05, 3.63) is 89.1 Å². The van der Waals surface area contributed by atoms with E-state index in [1.165, 1.54) is 4.90 Å². The number of carbonyl (C=O) groups is 3. The second-order valence-corrected chi connectivity index (χ2v) is 10.3. The summed E-state index contributed by atoms with van der Waals surface area (Å²) in [5.41, 5.74) is 5.48. The molecule has 2 aromatic heterocycles. The molecule has 0 aliphatic heterocycles. The van der Waals surface area contributed by atoms with Gasteiger partial charge in [0.1, 0.15) is 6.04 Å². The molecule has 2 amide bonds. The highest BCUT2D eigenvalue weighted by Gasteiger charge is 2.21. The van der Waals surface area contributed by atoms with E-state index in [4.69, 9.17) is 5.11 Å². The second kappa shape index (κ2) is 13.1. The Kier molecular flexibility index (Phi) is 9.87. The maximum atomic E-state index is 13.6. The predicted molar refractivity (Wildman–Crippen MR) is 157 cm³/mol. The normalized spacial score (nSPS) is 12.8. The number of carboxylic acid groups (broad SMARTS) is 1. The molecular formula is C31H39N5O4. The Balaban J connectivity index is 1.92. The van der Waals surface area contributed by atoms with Crippen LogP contribution in [0.3, 0.4) is 0 Å². The molecule has 2 N–H and O–H groups in total. The predicted octanol–water partition coefficient (Wildman–Crippen LogP) is 5.18. The first kappa shape index (κ1) is 30.1. The standard InChI is InChI=1S/C31H39N5O4/c1-8-24(19-35-17-20(2)16-32-35)14-27(21(3)10-9-11-29(37)38)33-30(39)23(5)36-18-22(4)26-13-12-25(15-28(26)36)31(40)34(6)7/h8,12-18,23H,3,9-11,19H2,1-2,4-7H3,(H,33,39)(H,37,38)/b24-8+,27-14+. The fourth-order valence-electron chi connectivity index (χ4n) is 4.46. The third-order valence-electron chi connectivity index (χ3n) is 6.80. The van der Waals surface area contributed by atoms with Crippen molar-refractivity contribution in [3.63, 3.8) is 0 Å². The quantitative estimate of drug-likeness (QED) is 0.305. The number of carboxylic acids is 1. The summed E-state index contributed by atoms with van der Waals surface area (Å²) in [6.07, 6.45) is 10.3. The summed E-state index contributed by atoms with van der Waals surface area (Å²) in [6, 6.07) is 4.93. The van der Waals surface area contributed by atoms with Crippen LogP contribution < -0.4 is 5.32 Å². The van der Waals surface area contributed by atoms with Gasteiger partial charge in [0.15, 0.2) is 0 Å². The van der Waals surface area contributed by atoms with E-state index < -0.39 is 12.0 Å². The number of allylic oxidation sites excluding steroid dienone is 4. The Hall–Kier alpha value is -4.40. The van der Waals surface area contributed by atoms with Gasteiger partial charge in [-0.05, 0) is 81.0 Å². The molecule has 9 heteroatoms. The fourth-order valence-corrected chi connectivity index (χ4v) is 4.46. The van der Waals surface area contributed by atoms with Crippen molar-refractivity contribution in [3.8, 4) is 0 Å². The molecular weight excluding hydrogens is 506 g/mol. The fraction of sp³-hybridized carbons (Fsp3) is 0.355. The van der Waals surface area contributed by atoms with Gasteiger partial charge >= 0.3 is 5.97 Å². The lowest BCUT2D eigenvalue weighted by Crippen LogP contribution is -2.31. The van der Waals surface area contributed by atoms with Gasteiger partial charge in [-0.15, -0.1) is 0 Å². The van der Waals surface area contributed by atoms with Crippen molar-refractivity contribution < 1.29 is 19.5 Å². The van der Waals surface area contributed by atoms with E-state index in [1.54, 1.807) is 26.4 Å². The number of benzene rings is 1. The Morgan fingerprint density at radius 1 is 1.18 bits per heavy atom. The van der Waals surface area contributed by atoms with Gasteiger partial charge in [-0.1, -0.05) is 18.7 Å². The van der Waals surface area contributed by atoms with E-state index in [2.05, 4.69) is 17.0 Å². The minimum atomic E-state index is -0.874. The van der Waals surface area contributed by atoms with Crippen LogP contribution in [-0.2, 0) is 16.1 Å². The minimum absolute atomic E-state index is 0.0162. The van der Waals surface area contributed by atoms with E-state index >= 15 is 0 Å². The number of amides is 2. The summed E-state index contributed by atoms with van der Waals surface area (Å²) in [4.78, 5) is 38.8. The van der Waals surface area contributed by atoms with Crippen molar-refractivity contribution >= 4 is 28.7 Å². The molecule has 1 atom stereocenters. The zero-order valence-corrected chi connectivity index (χ0v) is 24.2. The maximum absolute atomic E-state index is 13.6. The highest BCUT2D eigenvalue weighted by molar-refractivity contribution is 5.99. The number of aliphatic carboxylic acids is 1. The summed E-state index contributed by atoms with van der Waals surface area (Å²) >= 11 is 0. The van der Waals surface area contributed by atoms with Gasteiger partial charge in [-0.25, -0.2) is 0 Å². The Bertz CT molecular complexity index is 1490. The Morgan fingerprint density at radius 3 is 2.50 bits per heavy atom. The molecule has 3 rings (SSSR count). The first-order valence-corrected chi connectivity index (χ1v) is 13.3. The average Bonchev–Trinajstić information content (AvgIpc) is 3.47. The molecule has 1 aromatic carbocycles. The van der Waals surface area contributed by atoms with Crippen LogP contribution in [0.15, 0.2) is 72.4 Å². The summed E-state index contributed by atoms with van der Waals surface area (Å²) in [7, 11) is 3.41. The van der Waals surface area contributed by atoms with Gasteiger partial charge in [-0.2, -0.15) is 5.10 Å². The van der Waals surface area contributed by atoms with Crippen LogP contribution >= 0.6 is 0 Å². The van der Waals surface area contributed by atoms with E-state index in [9.17, 15) is 14.4 Å². The van der Waals surface area contributed by atoms with E-state index in [0.717, 1.165) is 27.6 Å². The molecule has 0 saturated heterocycles. The van der Waals surface area contributed by atoms with Gasteiger partial charge in [0.2, 0.25) is 5.91 Å². The highest BCUT2D eigenvalue weighted by Crippen LogP contribution is 2.27. The summed E-state index contributed by atoms with van der Waals surface area (Å²) in [5, 5.41) is 17.4. The molecule has 0 aliphatic rings. The largest absolute Gasteiger partial charge is 0.481 e. The van der Waals surface area contributed by atoms with Crippen LogP contribution in [0, 0.1) is 13.8 Å². The van der Waals surface area contributed by atoms with Crippen LogP contribution in [0.25, 0.3) is 10.9 Å². The number of rotatable bonds is 12. The number of hydrogen-bond donors (Lipinski definition) is 2. The van der Waals surface area contributed by atoms with Gasteiger partial charge in [0.05, 0.1) is 12.7 Å². The average molecular weight is 546 g/mol. The number of nitrogens with one attached hydrogen (secondary N) is 1. The van der Waals surface area contributed by atoms with Crippen LogP contribution in [0.2, 0.25) is 0 Å². The first-order chi connectivity index (χ1) is 18.9. The maximum Gasteiger partial charge on any atom is 0.303 e. The lowest BCUT2D eigenvalue weighted by molar-refractivity contribution is -0.137. The van der Waals surface area contributed by atoms with Crippen molar-refractivity contribution in [1.82, 2.24) is 24.6 Å². The molecule has 0 bridgehead atoms. The van der Waals surface area contributed by atoms with Crippen molar-refractivity contribution in [1.29, 1.82) is 0 Å². The van der Waals surface area contributed by atoms with Crippen LogP contribution in [0.4, 0.5) is 0 Å². The number of aryl methyl sites for hydroxylation is 2. The minimum Gasteiger partial charge on any atom is -0.481 e. The van der Waals surface area contributed by atoms with E-state index in [0.29, 0.717) is 36.2 Å². The van der Waals surface area contributed by atoms with Gasteiger partial charge in [0, 0.05) is 55.1 Å². The smallest absolute Gasteiger partial charge is 0.303 e. The van der Waals surface area contributed by atoms with Gasteiger partial charge < -0.3 is 19.9 Å². The lowest BCUT2D eigenvalue weighted by atomic mass is 10.0. The monoisotopic (exact) mass is 545 g/mol. The molecule has 212 valence electrons. The molecule has 40 heavy (non-hydrogen) atoms. The highest BCUT2D eigenvalue weighted by atomic mass is 16.4. The number of nitrogens with zero attached hydrogens (tertiary/aromatic N) is 4. The SMILES string of the molecule is C=C(CCCC(=O)O)/C(=C\C(=C/C)Cn1cc(C)cn1)NC(=O)C(C)n1cc(C)c2ccc(C(=O)N(C)C)cc21. The number of hydrogen-bond acceptors (Lipinski definition) is 4. The molecule has 2 heterocycles. The molecule has 0 aliphatic carbocycles. The molecule has 9 nitrogen and oxygen atoms in total. The van der Waals surface area contributed by atoms with Crippen molar-refractivity contribution in [2.75, 3.05) is 14.1 Å². The number of carbonyl (C=O) groups excluding carboxylic acids is 2. The Morgan fingerprint density at radius 2 is 1.90 bits per heavy atom. The van der Waals surface area contributed by atoms with Crippen molar-refractivity contribution in [2.24, 2.45) is 0 Å². The summed E-state index contributed by atoms with van der Waals surface area (Å²) in [6.45, 7) is 12.3. The second-order valence-electron chi connectivity index (χ2n) is 10.3. The van der Waals surface area contributed by atoms with Crippen LogP contribution in [0.5, 0.6) is 0 Å².